The molecule has 1 aliphatic heterocycles. The SMILES string of the molecule is C[C@@H]1CN(S(=O)(=O)c2cnn(-c3ccccc3)c2)C[C@H]1C(=O)O. The van der Waals surface area contributed by atoms with Crippen molar-refractivity contribution in [2.24, 2.45) is 11.8 Å². The van der Waals surface area contributed by atoms with Crippen molar-refractivity contribution in [3.63, 3.8) is 0 Å². The fourth-order valence-electron chi connectivity index (χ4n) is 2.75. The van der Waals surface area contributed by atoms with Gasteiger partial charge in [-0.3, -0.25) is 4.79 Å². The zero-order valence-electron chi connectivity index (χ0n) is 12.5. The Morgan fingerprint density at radius 1 is 1.26 bits per heavy atom. The number of carboxylic acid groups (broad SMARTS) is 1. The molecule has 2 atom stereocenters. The predicted molar refractivity (Wildman–Crippen MR) is 82.6 cm³/mol. The van der Waals surface area contributed by atoms with E-state index in [0.29, 0.717) is 0 Å². The number of aliphatic carboxylic acids is 1. The quantitative estimate of drug-likeness (QED) is 0.907. The van der Waals surface area contributed by atoms with E-state index in [1.165, 1.54) is 21.4 Å². The average Bonchev–Trinajstić information content (AvgIpc) is 3.15. The number of carboxylic acids is 1. The van der Waals surface area contributed by atoms with Crippen molar-refractivity contribution in [1.82, 2.24) is 14.1 Å². The number of sulfonamides is 1. The molecule has 8 heteroatoms. The number of hydrogen-bond acceptors (Lipinski definition) is 4. The van der Waals surface area contributed by atoms with Crippen molar-refractivity contribution < 1.29 is 18.3 Å². The van der Waals surface area contributed by atoms with Gasteiger partial charge in [0.1, 0.15) is 4.90 Å². The van der Waals surface area contributed by atoms with E-state index in [1.807, 2.05) is 30.3 Å². The molecule has 0 saturated carbocycles. The highest BCUT2D eigenvalue weighted by Crippen LogP contribution is 2.28. The van der Waals surface area contributed by atoms with Crippen LogP contribution in [0.15, 0.2) is 47.6 Å². The monoisotopic (exact) mass is 335 g/mol. The first-order valence-corrected chi connectivity index (χ1v) is 8.66. The molecular weight excluding hydrogens is 318 g/mol. The summed E-state index contributed by atoms with van der Waals surface area (Å²) in [6.07, 6.45) is 2.74. The number of carbonyl (C=O) groups is 1. The van der Waals surface area contributed by atoms with Crippen molar-refractivity contribution >= 4 is 16.0 Å². The molecule has 0 radical (unpaired) electrons. The smallest absolute Gasteiger partial charge is 0.308 e. The van der Waals surface area contributed by atoms with E-state index >= 15 is 0 Å². The Balaban J connectivity index is 1.87. The van der Waals surface area contributed by atoms with Crippen LogP contribution >= 0.6 is 0 Å². The van der Waals surface area contributed by atoms with Gasteiger partial charge < -0.3 is 5.11 Å². The molecule has 0 spiro atoms. The van der Waals surface area contributed by atoms with Crippen LogP contribution in [0.25, 0.3) is 5.69 Å². The van der Waals surface area contributed by atoms with E-state index < -0.39 is 21.9 Å². The Kier molecular flexibility index (Phi) is 3.95. The predicted octanol–water partition coefficient (Wildman–Crippen LogP) is 1.21. The van der Waals surface area contributed by atoms with Crippen molar-refractivity contribution in [3.8, 4) is 5.69 Å². The summed E-state index contributed by atoms with van der Waals surface area (Å²) < 4.78 is 28.1. The van der Waals surface area contributed by atoms with Gasteiger partial charge in [0.2, 0.25) is 10.0 Å². The largest absolute Gasteiger partial charge is 0.481 e. The van der Waals surface area contributed by atoms with Crippen LogP contribution in [0.1, 0.15) is 6.92 Å². The minimum Gasteiger partial charge on any atom is -0.481 e. The van der Waals surface area contributed by atoms with Crippen molar-refractivity contribution in [1.29, 1.82) is 0 Å². The highest BCUT2D eigenvalue weighted by molar-refractivity contribution is 7.89. The second kappa shape index (κ2) is 5.78. The Labute approximate surface area is 134 Å². The zero-order valence-corrected chi connectivity index (χ0v) is 13.3. The first kappa shape index (κ1) is 15.7. The summed E-state index contributed by atoms with van der Waals surface area (Å²) in [6.45, 7) is 1.95. The summed E-state index contributed by atoms with van der Waals surface area (Å²) >= 11 is 0. The maximum absolute atomic E-state index is 12.7. The number of hydrogen-bond donors (Lipinski definition) is 1. The number of benzene rings is 1. The maximum atomic E-state index is 12.7. The molecule has 2 heterocycles. The molecule has 0 aliphatic carbocycles. The van der Waals surface area contributed by atoms with Crippen molar-refractivity contribution in [2.45, 2.75) is 11.8 Å². The molecule has 122 valence electrons. The van der Waals surface area contributed by atoms with Gasteiger partial charge in [-0.15, -0.1) is 0 Å². The van der Waals surface area contributed by atoms with Crippen molar-refractivity contribution in [2.75, 3.05) is 13.1 Å². The second-order valence-electron chi connectivity index (χ2n) is 5.70. The topological polar surface area (TPSA) is 92.5 Å². The number of rotatable bonds is 4. The molecule has 0 unspecified atom stereocenters. The van der Waals surface area contributed by atoms with Gasteiger partial charge in [0, 0.05) is 13.1 Å². The van der Waals surface area contributed by atoms with E-state index in [0.717, 1.165) is 5.69 Å². The summed E-state index contributed by atoms with van der Waals surface area (Å²) in [4.78, 5) is 11.2. The molecule has 1 aromatic heterocycles. The summed E-state index contributed by atoms with van der Waals surface area (Å²) in [5.74, 6) is -1.85. The van der Waals surface area contributed by atoms with Crippen LogP contribution in [0, 0.1) is 11.8 Å². The molecule has 2 aromatic rings. The zero-order chi connectivity index (χ0) is 16.6. The minimum absolute atomic E-state index is 0.00461. The first-order valence-electron chi connectivity index (χ1n) is 7.22. The Morgan fingerprint density at radius 3 is 2.57 bits per heavy atom. The highest BCUT2D eigenvalue weighted by Gasteiger charge is 2.41. The van der Waals surface area contributed by atoms with Crippen molar-refractivity contribution in [3.05, 3.63) is 42.7 Å². The first-order chi connectivity index (χ1) is 10.9. The summed E-state index contributed by atoms with van der Waals surface area (Å²) in [6, 6.07) is 9.18. The van der Waals surface area contributed by atoms with Crippen LogP contribution in [0.3, 0.4) is 0 Å². The molecule has 3 rings (SSSR count). The third kappa shape index (κ3) is 2.87. The second-order valence-corrected chi connectivity index (χ2v) is 7.64. The molecule has 1 aliphatic rings. The van der Waals surface area contributed by atoms with Gasteiger partial charge in [-0.2, -0.15) is 9.40 Å². The van der Waals surface area contributed by atoms with Gasteiger partial charge in [0.05, 0.1) is 24.0 Å². The fraction of sp³-hybridized carbons (Fsp3) is 0.333. The van der Waals surface area contributed by atoms with Crippen LogP contribution in [-0.2, 0) is 14.8 Å². The van der Waals surface area contributed by atoms with Gasteiger partial charge in [0.25, 0.3) is 0 Å². The lowest BCUT2D eigenvalue weighted by atomic mass is 9.99. The number of aromatic nitrogens is 2. The Hall–Kier alpha value is -2.19. The van der Waals surface area contributed by atoms with E-state index in [4.69, 9.17) is 5.11 Å². The number of nitrogens with zero attached hydrogens (tertiary/aromatic N) is 3. The highest BCUT2D eigenvalue weighted by atomic mass is 32.2. The lowest BCUT2D eigenvalue weighted by molar-refractivity contribution is -0.142. The summed E-state index contributed by atoms with van der Waals surface area (Å²) in [5.41, 5.74) is 0.757. The fourth-order valence-corrected chi connectivity index (χ4v) is 4.25. The lowest BCUT2D eigenvalue weighted by Crippen LogP contribution is -2.29. The molecule has 1 fully saturated rings. The van der Waals surface area contributed by atoms with Crippen LogP contribution < -0.4 is 0 Å². The van der Waals surface area contributed by atoms with Crippen LogP contribution in [0.5, 0.6) is 0 Å². The summed E-state index contributed by atoms with van der Waals surface area (Å²) in [7, 11) is -3.74. The van der Waals surface area contributed by atoms with Crippen LogP contribution in [0.2, 0.25) is 0 Å². The van der Waals surface area contributed by atoms with E-state index in [2.05, 4.69) is 5.10 Å². The molecule has 1 saturated heterocycles. The minimum atomic E-state index is -3.74. The molecule has 1 aromatic carbocycles. The normalized spacial score (nSPS) is 22.3. The third-order valence-corrected chi connectivity index (χ3v) is 5.90. The molecule has 1 N–H and O–H groups in total. The molecule has 0 bridgehead atoms. The molecule has 7 nitrogen and oxygen atoms in total. The van der Waals surface area contributed by atoms with Crippen LogP contribution in [-0.4, -0.2) is 46.7 Å². The maximum Gasteiger partial charge on any atom is 0.308 e. The van der Waals surface area contributed by atoms with Gasteiger partial charge in [-0.1, -0.05) is 25.1 Å². The lowest BCUT2D eigenvalue weighted by Gasteiger charge is -2.14. The Morgan fingerprint density at radius 2 is 1.96 bits per heavy atom. The molecule has 0 amide bonds. The van der Waals surface area contributed by atoms with Gasteiger partial charge >= 0.3 is 5.97 Å². The number of para-hydroxylation sites is 1. The average molecular weight is 335 g/mol. The van der Waals surface area contributed by atoms with E-state index in [1.54, 1.807) is 6.92 Å². The van der Waals surface area contributed by atoms with Gasteiger partial charge in [0.15, 0.2) is 0 Å². The standard InChI is InChI=1S/C15H17N3O4S/c1-11-8-17(10-14(11)15(19)20)23(21,22)13-7-16-18(9-13)12-5-3-2-4-6-12/h2-7,9,11,14H,8,10H2,1H3,(H,19,20)/t11-,14-/m1/s1. The van der Waals surface area contributed by atoms with Gasteiger partial charge in [-0.05, 0) is 18.1 Å². The van der Waals surface area contributed by atoms with E-state index in [-0.39, 0.29) is 23.9 Å². The van der Waals surface area contributed by atoms with Gasteiger partial charge in [-0.25, -0.2) is 13.1 Å². The summed E-state index contributed by atoms with van der Waals surface area (Å²) in [5, 5.41) is 13.2. The Bertz CT molecular complexity index is 816. The van der Waals surface area contributed by atoms with Crippen LogP contribution in [0.4, 0.5) is 0 Å². The third-order valence-electron chi connectivity index (χ3n) is 4.11. The molecule has 23 heavy (non-hydrogen) atoms. The van der Waals surface area contributed by atoms with E-state index in [9.17, 15) is 13.2 Å². The molecular formula is C15H17N3O4S.